The van der Waals surface area contributed by atoms with E-state index >= 15 is 0 Å². The van der Waals surface area contributed by atoms with Gasteiger partial charge in [0.2, 0.25) is 0 Å². The first kappa shape index (κ1) is 11.9. The third-order valence-corrected chi connectivity index (χ3v) is 4.98. The minimum absolute atomic E-state index is 0.0102. The quantitative estimate of drug-likeness (QED) is 0.578. The number of nitrogens with two attached hydrogens (primary N) is 1. The second-order valence-electron chi connectivity index (χ2n) is 5.24. The fourth-order valence-electron chi connectivity index (χ4n) is 2.99. The Balaban J connectivity index is 1.75. The Labute approximate surface area is 122 Å². The maximum absolute atomic E-state index is 6.37. The summed E-state index contributed by atoms with van der Waals surface area (Å²) < 4.78 is 0. The van der Waals surface area contributed by atoms with E-state index in [1.165, 1.54) is 32.7 Å². The molecule has 0 amide bonds. The molecule has 0 bridgehead atoms. The number of fused-ring (bicyclic) bond motifs is 3. The highest BCUT2D eigenvalue weighted by Crippen LogP contribution is 2.38. The van der Waals surface area contributed by atoms with Crippen LogP contribution < -0.4 is 5.73 Å². The average molecular weight is 277 g/mol. The molecule has 2 aromatic carbocycles. The lowest BCUT2D eigenvalue weighted by Crippen LogP contribution is -2.10. The van der Waals surface area contributed by atoms with E-state index in [1.807, 2.05) is 0 Å². The second-order valence-corrected chi connectivity index (χ2v) is 6.22. The molecule has 0 unspecified atom stereocenters. The predicted molar refractivity (Wildman–Crippen MR) is 85.0 cm³/mol. The number of hydrogen-bond donors (Lipinski definition) is 1. The third-order valence-electron chi connectivity index (χ3n) is 4.03. The van der Waals surface area contributed by atoms with Crippen molar-refractivity contribution in [2.75, 3.05) is 0 Å². The molecular formula is C18H15NS. The van der Waals surface area contributed by atoms with E-state index in [0.717, 1.165) is 6.42 Å². The van der Waals surface area contributed by atoms with Crippen molar-refractivity contribution in [1.82, 2.24) is 0 Å². The van der Waals surface area contributed by atoms with Gasteiger partial charge in [-0.3, -0.25) is 0 Å². The number of thiophene rings is 1. The van der Waals surface area contributed by atoms with Crippen molar-refractivity contribution in [2.45, 2.75) is 12.5 Å². The molecule has 1 heterocycles. The predicted octanol–water partition coefficient (Wildman–Crippen LogP) is 4.37. The molecule has 1 aliphatic rings. The molecule has 2 heteroatoms. The number of benzene rings is 2. The molecule has 3 aromatic rings. The Morgan fingerprint density at radius 3 is 2.60 bits per heavy atom. The normalized spacial score (nSPS) is 13.8. The van der Waals surface area contributed by atoms with Crippen LogP contribution in [-0.2, 0) is 6.42 Å². The zero-order valence-electron chi connectivity index (χ0n) is 11.0. The topological polar surface area (TPSA) is 26.0 Å². The highest BCUT2D eigenvalue weighted by molar-refractivity contribution is 7.10. The summed E-state index contributed by atoms with van der Waals surface area (Å²) in [5.74, 6) is 0. The van der Waals surface area contributed by atoms with Gasteiger partial charge in [0.15, 0.2) is 0 Å². The van der Waals surface area contributed by atoms with Crippen LogP contribution in [0.5, 0.6) is 0 Å². The maximum Gasteiger partial charge on any atom is 0.0646 e. The summed E-state index contributed by atoms with van der Waals surface area (Å²) in [5.41, 5.74) is 13.1. The van der Waals surface area contributed by atoms with Gasteiger partial charge in [-0.15, -0.1) is 11.3 Å². The average Bonchev–Trinajstić information content (AvgIpc) is 3.13. The fourth-order valence-corrected chi connectivity index (χ4v) is 3.75. The zero-order chi connectivity index (χ0) is 13.5. The number of rotatable bonds is 2. The van der Waals surface area contributed by atoms with Gasteiger partial charge >= 0.3 is 0 Å². The molecule has 0 saturated carbocycles. The molecule has 0 fully saturated rings. The Hall–Kier alpha value is -1.90. The van der Waals surface area contributed by atoms with Crippen molar-refractivity contribution in [2.24, 2.45) is 5.73 Å². The molecule has 0 radical (unpaired) electrons. The third kappa shape index (κ3) is 1.80. The molecule has 20 heavy (non-hydrogen) atoms. The molecule has 4 rings (SSSR count). The van der Waals surface area contributed by atoms with E-state index in [9.17, 15) is 0 Å². The Bertz CT molecular complexity index is 759. The van der Waals surface area contributed by atoms with Gasteiger partial charge in [0, 0.05) is 4.88 Å². The highest BCUT2D eigenvalue weighted by Gasteiger charge is 2.19. The van der Waals surface area contributed by atoms with Crippen LogP contribution >= 0.6 is 11.3 Å². The van der Waals surface area contributed by atoms with E-state index < -0.39 is 0 Å². The van der Waals surface area contributed by atoms with Crippen LogP contribution in [0.15, 0.2) is 60.0 Å². The summed E-state index contributed by atoms with van der Waals surface area (Å²) in [4.78, 5) is 1.22. The molecule has 1 aliphatic carbocycles. The van der Waals surface area contributed by atoms with Gasteiger partial charge in [-0.2, -0.15) is 0 Å². The van der Waals surface area contributed by atoms with E-state index in [-0.39, 0.29) is 6.04 Å². The monoisotopic (exact) mass is 277 g/mol. The van der Waals surface area contributed by atoms with Gasteiger partial charge in [0.25, 0.3) is 0 Å². The van der Waals surface area contributed by atoms with Gasteiger partial charge < -0.3 is 5.73 Å². The zero-order valence-corrected chi connectivity index (χ0v) is 11.9. The Morgan fingerprint density at radius 2 is 1.75 bits per heavy atom. The molecule has 0 aliphatic heterocycles. The van der Waals surface area contributed by atoms with Crippen LogP contribution in [0.4, 0.5) is 0 Å². The van der Waals surface area contributed by atoms with Crippen LogP contribution in [0, 0.1) is 0 Å². The van der Waals surface area contributed by atoms with Crippen molar-refractivity contribution in [1.29, 1.82) is 0 Å². The van der Waals surface area contributed by atoms with Gasteiger partial charge in [-0.1, -0.05) is 48.5 Å². The van der Waals surface area contributed by atoms with Gasteiger partial charge in [0.1, 0.15) is 0 Å². The lowest BCUT2D eigenvalue weighted by molar-refractivity contribution is 0.891. The largest absolute Gasteiger partial charge is 0.320 e. The molecule has 1 nitrogen and oxygen atoms in total. The minimum atomic E-state index is -0.0102. The minimum Gasteiger partial charge on any atom is -0.320 e. The summed E-state index contributed by atoms with van der Waals surface area (Å²) in [6, 6.07) is 19.5. The molecule has 0 spiro atoms. The summed E-state index contributed by atoms with van der Waals surface area (Å²) >= 11 is 1.72. The summed E-state index contributed by atoms with van der Waals surface area (Å²) in [6.07, 6.45) is 1.02. The summed E-state index contributed by atoms with van der Waals surface area (Å²) in [6.45, 7) is 0. The van der Waals surface area contributed by atoms with E-state index in [0.29, 0.717) is 0 Å². The molecule has 98 valence electrons. The standard InChI is InChI=1S/C18H15NS/c19-18(17-6-3-9-20-17)13-7-8-16-14(11-13)10-12-4-1-2-5-15(12)16/h1-9,11,18H,10,19H2/t18-/m1/s1. The van der Waals surface area contributed by atoms with Crippen LogP contribution in [0.3, 0.4) is 0 Å². The van der Waals surface area contributed by atoms with Crippen LogP contribution in [-0.4, -0.2) is 0 Å². The first-order chi connectivity index (χ1) is 9.83. The van der Waals surface area contributed by atoms with E-state index in [1.54, 1.807) is 11.3 Å². The maximum atomic E-state index is 6.37. The van der Waals surface area contributed by atoms with E-state index in [4.69, 9.17) is 5.73 Å². The molecular weight excluding hydrogens is 262 g/mol. The SMILES string of the molecule is N[C@H](c1ccc2c(c1)Cc1ccccc1-2)c1cccs1. The Kier molecular flexibility index (Phi) is 2.72. The van der Waals surface area contributed by atoms with Gasteiger partial charge in [-0.05, 0) is 45.7 Å². The molecule has 0 saturated heterocycles. The van der Waals surface area contributed by atoms with Crippen LogP contribution in [0.25, 0.3) is 11.1 Å². The van der Waals surface area contributed by atoms with Crippen molar-refractivity contribution in [3.8, 4) is 11.1 Å². The summed E-state index contributed by atoms with van der Waals surface area (Å²) in [7, 11) is 0. The first-order valence-electron chi connectivity index (χ1n) is 6.83. The lowest BCUT2D eigenvalue weighted by Gasteiger charge is -2.12. The van der Waals surface area contributed by atoms with Crippen LogP contribution in [0.1, 0.15) is 27.6 Å². The summed E-state index contributed by atoms with van der Waals surface area (Å²) in [5, 5.41) is 2.08. The smallest absolute Gasteiger partial charge is 0.0646 e. The fraction of sp³-hybridized carbons (Fsp3) is 0.111. The van der Waals surface area contributed by atoms with Crippen molar-refractivity contribution < 1.29 is 0 Å². The highest BCUT2D eigenvalue weighted by atomic mass is 32.1. The second kappa shape index (κ2) is 4.58. The van der Waals surface area contributed by atoms with Crippen molar-refractivity contribution >= 4 is 11.3 Å². The molecule has 2 N–H and O–H groups in total. The van der Waals surface area contributed by atoms with Crippen LogP contribution in [0.2, 0.25) is 0 Å². The number of hydrogen-bond acceptors (Lipinski definition) is 2. The first-order valence-corrected chi connectivity index (χ1v) is 7.71. The van der Waals surface area contributed by atoms with E-state index in [2.05, 4.69) is 60.0 Å². The van der Waals surface area contributed by atoms with Crippen molar-refractivity contribution in [3.63, 3.8) is 0 Å². The molecule has 1 atom stereocenters. The Morgan fingerprint density at radius 1 is 0.900 bits per heavy atom. The lowest BCUT2D eigenvalue weighted by atomic mass is 9.99. The van der Waals surface area contributed by atoms with Gasteiger partial charge in [0.05, 0.1) is 6.04 Å². The molecule has 1 aromatic heterocycles. The van der Waals surface area contributed by atoms with Crippen molar-refractivity contribution in [3.05, 3.63) is 81.5 Å². The van der Waals surface area contributed by atoms with Gasteiger partial charge in [-0.25, -0.2) is 0 Å².